The fraction of sp³-hybridized carbons (Fsp3) is 0.808. The van der Waals surface area contributed by atoms with E-state index in [1.807, 2.05) is 11.9 Å². The minimum absolute atomic E-state index is 0.0227. The fourth-order valence-corrected chi connectivity index (χ4v) is 3.63. The standard InChI is InChI=1S/C8H16N2O.C7H15N3O.C6H14N2.C5H8O/c1-7(11)9-8-3-5-10(2)6-4-8;1-7(11)8-10-5-3-9(2)4-6-10;1-7-3-5-8(2)6-4-7;1-3-5(6)4-2/h8H,3-6H2,1-2H3,(H,9,11);3-6H2,1-2H3,(H,8,11);3-6H2,1-2H3;3H,1,4H2,2H3. The van der Waals surface area contributed by atoms with Gasteiger partial charge in [-0.1, -0.05) is 13.5 Å². The van der Waals surface area contributed by atoms with Crippen LogP contribution in [0.15, 0.2) is 12.7 Å². The van der Waals surface area contributed by atoms with Gasteiger partial charge in [0.25, 0.3) is 0 Å². The second-order valence-electron chi connectivity index (χ2n) is 9.87. The van der Waals surface area contributed by atoms with E-state index in [9.17, 15) is 14.4 Å². The average Bonchev–Trinajstić information content (AvgIpc) is 2.84. The topological polar surface area (TPSA) is 91.5 Å². The van der Waals surface area contributed by atoms with Crippen molar-refractivity contribution in [2.75, 3.05) is 93.6 Å². The molecule has 0 aliphatic carbocycles. The zero-order valence-electron chi connectivity index (χ0n) is 24.0. The molecular weight excluding hydrogens is 458 g/mol. The summed E-state index contributed by atoms with van der Waals surface area (Å²) >= 11 is 0. The molecule has 0 spiro atoms. The van der Waals surface area contributed by atoms with E-state index in [0.717, 1.165) is 52.1 Å². The Kier molecular flexibility index (Phi) is 19.2. The molecule has 3 aliphatic rings. The molecule has 36 heavy (non-hydrogen) atoms. The third-order valence-corrected chi connectivity index (χ3v) is 6.25. The molecular formula is C26H53N7O3. The zero-order valence-corrected chi connectivity index (χ0v) is 24.0. The summed E-state index contributed by atoms with van der Waals surface area (Å²) in [6.07, 6.45) is 4.09. The number of amides is 2. The van der Waals surface area contributed by atoms with Crippen LogP contribution in [0.2, 0.25) is 0 Å². The largest absolute Gasteiger partial charge is 0.354 e. The SMILES string of the molecule is C=CC(=O)CC.CC(=O)NC1CCN(C)CC1.CC(=O)NN1CCN(C)CC1.CN1CCN(C)CC1. The van der Waals surface area contributed by atoms with E-state index in [1.165, 1.54) is 32.3 Å². The molecule has 3 fully saturated rings. The number of nitrogens with one attached hydrogen (secondary N) is 2. The van der Waals surface area contributed by atoms with Crippen LogP contribution in [-0.2, 0) is 14.4 Å². The number of likely N-dealkylation sites (N-methyl/N-ethyl adjacent to an activating group) is 3. The summed E-state index contributed by atoms with van der Waals surface area (Å²) < 4.78 is 0. The highest BCUT2D eigenvalue weighted by Gasteiger charge is 2.16. The Hall–Kier alpha value is -1.85. The highest BCUT2D eigenvalue weighted by Crippen LogP contribution is 2.07. The first kappa shape index (κ1) is 34.1. The lowest BCUT2D eigenvalue weighted by Gasteiger charge is -2.31. The fourth-order valence-electron chi connectivity index (χ4n) is 3.63. The molecule has 2 amide bonds. The molecule has 0 aromatic rings. The van der Waals surface area contributed by atoms with E-state index in [0.29, 0.717) is 12.5 Å². The second-order valence-corrected chi connectivity index (χ2v) is 9.87. The Morgan fingerprint density at radius 2 is 1.11 bits per heavy atom. The van der Waals surface area contributed by atoms with Gasteiger partial charge in [0.15, 0.2) is 5.78 Å². The summed E-state index contributed by atoms with van der Waals surface area (Å²) in [6, 6.07) is 0.420. The first-order valence-electron chi connectivity index (χ1n) is 13.1. The van der Waals surface area contributed by atoms with Crippen molar-refractivity contribution in [3.05, 3.63) is 12.7 Å². The molecule has 3 aliphatic heterocycles. The number of piperazine rings is 2. The molecule has 3 rings (SSSR count). The molecule has 0 atom stereocenters. The van der Waals surface area contributed by atoms with Crippen molar-refractivity contribution < 1.29 is 14.4 Å². The van der Waals surface area contributed by atoms with Crippen LogP contribution in [0, 0.1) is 0 Å². The highest BCUT2D eigenvalue weighted by atomic mass is 16.2. The van der Waals surface area contributed by atoms with Crippen LogP contribution in [0.5, 0.6) is 0 Å². The van der Waals surface area contributed by atoms with Gasteiger partial charge in [0.05, 0.1) is 0 Å². The van der Waals surface area contributed by atoms with Crippen molar-refractivity contribution >= 4 is 17.6 Å². The number of rotatable bonds is 4. The minimum Gasteiger partial charge on any atom is -0.354 e. The Balaban J connectivity index is 0.000000466. The summed E-state index contributed by atoms with van der Waals surface area (Å²) in [5.74, 6) is 0.226. The van der Waals surface area contributed by atoms with Gasteiger partial charge in [-0.05, 0) is 60.2 Å². The molecule has 0 aromatic carbocycles. The molecule has 0 bridgehead atoms. The van der Waals surface area contributed by atoms with Crippen molar-refractivity contribution in [1.29, 1.82) is 0 Å². The van der Waals surface area contributed by atoms with Crippen LogP contribution in [0.4, 0.5) is 0 Å². The first-order chi connectivity index (χ1) is 17.0. The summed E-state index contributed by atoms with van der Waals surface area (Å²) in [7, 11) is 8.55. The molecule has 10 heteroatoms. The van der Waals surface area contributed by atoms with Crippen LogP contribution < -0.4 is 10.7 Å². The maximum atomic E-state index is 10.7. The predicted molar refractivity (Wildman–Crippen MR) is 148 cm³/mol. The van der Waals surface area contributed by atoms with Gasteiger partial charge in [-0.3, -0.25) is 19.8 Å². The summed E-state index contributed by atoms with van der Waals surface area (Å²) in [4.78, 5) is 40.6. The van der Waals surface area contributed by atoms with Crippen molar-refractivity contribution in [3.63, 3.8) is 0 Å². The van der Waals surface area contributed by atoms with Gasteiger partial charge in [-0.2, -0.15) is 0 Å². The number of nitrogens with zero attached hydrogens (tertiary/aromatic N) is 5. The van der Waals surface area contributed by atoms with Gasteiger partial charge >= 0.3 is 0 Å². The van der Waals surface area contributed by atoms with Crippen LogP contribution in [0.25, 0.3) is 0 Å². The lowest BCUT2D eigenvalue weighted by Crippen LogP contribution is -2.52. The number of carbonyl (C=O) groups excluding carboxylic acids is 3. The monoisotopic (exact) mass is 511 g/mol. The normalized spacial score (nSPS) is 20.3. The van der Waals surface area contributed by atoms with Crippen LogP contribution in [0.1, 0.15) is 40.0 Å². The van der Waals surface area contributed by atoms with Crippen molar-refractivity contribution in [2.45, 2.75) is 46.1 Å². The summed E-state index contributed by atoms with van der Waals surface area (Å²) in [5.41, 5.74) is 2.77. The van der Waals surface area contributed by atoms with Crippen molar-refractivity contribution in [2.24, 2.45) is 0 Å². The van der Waals surface area contributed by atoms with Gasteiger partial charge < -0.3 is 24.9 Å². The number of hydrazine groups is 1. The maximum absolute atomic E-state index is 10.7. The number of ketones is 1. The number of carbonyl (C=O) groups is 3. The molecule has 0 saturated carbocycles. The number of likely N-dealkylation sites (tertiary alicyclic amines) is 1. The molecule has 0 aromatic heterocycles. The lowest BCUT2D eigenvalue weighted by molar-refractivity contribution is -0.124. The Morgan fingerprint density at radius 3 is 1.42 bits per heavy atom. The quantitative estimate of drug-likeness (QED) is 0.528. The third kappa shape index (κ3) is 19.4. The van der Waals surface area contributed by atoms with Gasteiger partial charge in [-0.25, -0.2) is 5.01 Å². The molecule has 3 heterocycles. The van der Waals surface area contributed by atoms with Crippen LogP contribution in [0.3, 0.4) is 0 Å². The Labute approximate surface area is 220 Å². The predicted octanol–water partition coefficient (Wildman–Crippen LogP) is 0.517. The van der Waals surface area contributed by atoms with E-state index in [-0.39, 0.29) is 17.6 Å². The number of allylic oxidation sites excluding steroid dienone is 1. The van der Waals surface area contributed by atoms with Crippen molar-refractivity contribution in [1.82, 2.24) is 35.4 Å². The molecule has 0 unspecified atom stereocenters. The molecule has 10 nitrogen and oxygen atoms in total. The Bertz CT molecular complexity index is 579. The second kappa shape index (κ2) is 20.2. The Morgan fingerprint density at radius 1 is 0.722 bits per heavy atom. The lowest BCUT2D eigenvalue weighted by atomic mass is 10.1. The zero-order chi connectivity index (χ0) is 27.5. The first-order valence-corrected chi connectivity index (χ1v) is 13.1. The van der Waals surface area contributed by atoms with E-state index in [4.69, 9.17) is 0 Å². The molecule has 3 saturated heterocycles. The summed E-state index contributed by atoms with van der Waals surface area (Å²) in [6.45, 7) is 19.3. The van der Waals surface area contributed by atoms with Gasteiger partial charge in [0.1, 0.15) is 0 Å². The number of hydrogen-bond donors (Lipinski definition) is 2. The maximum Gasteiger partial charge on any atom is 0.231 e. The van der Waals surface area contributed by atoms with Crippen LogP contribution >= 0.6 is 0 Å². The van der Waals surface area contributed by atoms with Crippen LogP contribution in [-0.4, -0.2) is 142 Å². The average molecular weight is 512 g/mol. The summed E-state index contributed by atoms with van der Waals surface area (Å²) in [5, 5.41) is 4.90. The van der Waals surface area contributed by atoms with Gasteiger partial charge in [0.2, 0.25) is 11.8 Å². The smallest absolute Gasteiger partial charge is 0.231 e. The molecule has 2 N–H and O–H groups in total. The number of piperidine rings is 1. The van der Waals surface area contributed by atoms with E-state index in [1.54, 1.807) is 13.8 Å². The van der Waals surface area contributed by atoms with E-state index >= 15 is 0 Å². The third-order valence-electron chi connectivity index (χ3n) is 6.25. The van der Waals surface area contributed by atoms with E-state index < -0.39 is 0 Å². The van der Waals surface area contributed by atoms with Gasteiger partial charge in [0, 0.05) is 78.7 Å². The van der Waals surface area contributed by atoms with E-state index in [2.05, 4.69) is 65.1 Å². The minimum atomic E-state index is 0.0227. The van der Waals surface area contributed by atoms with Gasteiger partial charge in [-0.15, -0.1) is 0 Å². The molecule has 210 valence electrons. The van der Waals surface area contributed by atoms with Crippen molar-refractivity contribution in [3.8, 4) is 0 Å². The molecule has 0 radical (unpaired) electrons. The number of hydrogen-bond acceptors (Lipinski definition) is 8. The highest BCUT2D eigenvalue weighted by molar-refractivity contribution is 5.88.